The predicted molar refractivity (Wildman–Crippen MR) is 129 cm³/mol. The van der Waals surface area contributed by atoms with Gasteiger partial charge in [0.2, 0.25) is 0 Å². The highest BCUT2D eigenvalue weighted by atomic mass is 127. The van der Waals surface area contributed by atoms with Crippen molar-refractivity contribution in [3.05, 3.63) is 59.7 Å². The van der Waals surface area contributed by atoms with Crippen molar-refractivity contribution in [3.8, 4) is 11.5 Å². The Morgan fingerprint density at radius 1 is 0.931 bits per heavy atom. The molecule has 1 N–H and O–H groups in total. The molecule has 7 heteroatoms. The largest absolute Gasteiger partial charge is 0.497 e. The molecule has 0 saturated heterocycles. The van der Waals surface area contributed by atoms with Gasteiger partial charge in [-0.25, -0.2) is 0 Å². The Balaban J connectivity index is 0.00000420. The van der Waals surface area contributed by atoms with Crippen LogP contribution < -0.4 is 14.8 Å². The van der Waals surface area contributed by atoms with Crippen LogP contribution in [0.15, 0.2) is 53.5 Å². The number of halogens is 1. The molecule has 0 amide bonds. The maximum atomic E-state index is 5.74. The Kier molecular flexibility index (Phi) is 12.1. The van der Waals surface area contributed by atoms with Crippen LogP contribution in [0.3, 0.4) is 0 Å². The van der Waals surface area contributed by atoms with Crippen LogP contribution in [0.1, 0.15) is 17.5 Å². The molecule has 0 spiro atoms. The third kappa shape index (κ3) is 8.91. The molecule has 0 unspecified atom stereocenters. The van der Waals surface area contributed by atoms with Gasteiger partial charge in [0.15, 0.2) is 5.96 Å². The zero-order valence-electron chi connectivity index (χ0n) is 17.7. The molecule has 6 nitrogen and oxygen atoms in total. The second-order valence-electron chi connectivity index (χ2n) is 6.43. The highest BCUT2D eigenvalue weighted by Gasteiger charge is 2.06. The first-order valence-electron chi connectivity index (χ1n) is 9.41. The Labute approximate surface area is 191 Å². The van der Waals surface area contributed by atoms with Crippen molar-refractivity contribution in [1.29, 1.82) is 0 Å². The summed E-state index contributed by atoms with van der Waals surface area (Å²) in [7, 11) is 7.17. The minimum atomic E-state index is 0. The number of hydrogen-bond acceptors (Lipinski definition) is 4. The Morgan fingerprint density at radius 3 is 2.00 bits per heavy atom. The fraction of sp³-hybridized carbons (Fsp3) is 0.409. The number of ether oxygens (including phenoxy) is 3. The molecule has 0 saturated carbocycles. The summed E-state index contributed by atoms with van der Waals surface area (Å²) in [5.74, 6) is 2.59. The number of nitrogens with one attached hydrogen (secondary N) is 1. The molecule has 2 aromatic rings. The molecule has 160 valence electrons. The summed E-state index contributed by atoms with van der Waals surface area (Å²) in [6.07, 6.45) is 0.908. The van der Waals surface area contributed by atoms with Crippen molar-refractivity contribution in [2.24, 2.45) is 4.99 Å². The average molecular weight is 513 g/mol. The molecule has 0 atom stereocenters. The molecular weight excluding hydrogens is 481 g/mol. The van der Waals surface area contributed by atoms with Crippen LogP contribution in [0.2, 0.25) is 0 Å². The predicted octanol–water partition coefficient (Wildman–Crippen LogP) is 3.94. The molecule has 0 aromatic heterocycles. The summed E-state index contributed by atoms with van der Waals surface area (Å²) in [6.45, 7) is 2.88. The second-order valence-corrected chi connectivity index (χ2v) is 6.43. The van der Waals surface area contributed by atoms with Crippen molar-refractivity contribution in [1.82, 2.24) is 10.2 Å². The van der Waals surface area contributed by atoms with Gasteiger partial charge < -0.3 is 24.4 Å². The lowest BCUT2D eigenvalue weighted by molar-refractivity contribution is 0.119. The molecule has 0 bridgehead atoms. The summed E-state index contributed by atoms with van der Waals surface area (Å²) in [5, 5.41) is 3.38. The fourth-order valence-corrected chi connectivity index (χ4v) is 2.75. The Bertz CT molecular complexity index is 721. The van der Waals surface area contributed by atoms with Crippen LogP contribution >= 0.6 is 24.0 Å². The van der Waals surface area contributed by atoms with E-state index in [2.05, 4.69) is 27.3 Å². The topological polar surface area (TPSA) is 55.3 Å². The van der Waals surface area contributed by atoms with Gasteiger partial charge in [0.1, 0.15) is 11.5 Å². The Morgan fingerprint density at radius 2 is 1.48 bits per heavy atom. The van der Waals surface area contributed by atoms with Crippen LogP contribution in [-0.4, -0.2) is 52.3 Å². The fourth-order valence-electron chi connectivity index (χ4n) is 2.75. The van der Waals surface area contributed by atoms with E-state index in [0.29, 0.717) is 13.2 Å². The van der Waals surface area contributed by atoms with Crippen LogP contribution in [-0.2, 0) is 17.9 Å². The van der Waals surface area contributed by atoms with Crippen molar-refractivity contribution in [2.75, 3.05) is 41.5 Å². The maximum Gasteiger partial charge on any atom is 0.193 e. The van der Waals surface area contributed by atoms with Gasteiger partial charge in [0, 0.05) is 33.8 Å². The number of methoxy groups -OCH3 is 2. The van der Waals surface area contributed by atoms with Gasteiger partial charge in [0.05, 0.1) is 20.8 Å². The van der Waals surface area contributed by atoms with Gasteiger partial charge in [-0.1, -0.05) is 24.3 Å². The summed E-state index contributed by atoms with van der Waals surface area (Å²) in [5.41, 5.74) is 2.35. The zero-order valence-corrected chi connectivity index (χ0v) is 20.0. The minimum Gasteiger partial charge on any atom is -0.497 e. The van der Waals surface area contributed by atoms with Crippen LogP contribution in [0, 0.1) is 0 Å². The van der Waals surface area contributed by atoms with E-state index in [1.807, 2.05) is 43.4 Å². The molecule has 2 aromatic carbocycles. The highest BCUT2D eigenvalue weighted by molar-refractivity contribution is 14.0. The van der Waals surface area contributed by atoms with E-state index in [1.54, 1.807) is 21.3 Å². The molecule has 0 aliphatic heterocycles. The van der Waals surface area contributed by atoms with E-state index in [9.17, 15) is 0 Å². The standard InChI is InChI=1S/C22H31N3O3.HI/c1-23-22(25(2)16-18-6-10-20(26-3)11-7-18)24-14-5-15-28-17-19-8-12-21(27-4)13-9-19;/h6-13H,5,14-17H2,1-4H3,(H,23,24);1H. The van der Waals surface area contributed by atoms with Gasteiger partial charge >= 0.3 is 0 Å². The molecule has 0 aliphatic rings. The lowest BCUT2D eigenvalue weighted by Gasteiger charge is -2.22. The molecule has 0 fully saturated rings. The highest BCUT2D eigenvalue weighted by Crippen LogP contribution is 2.13. The maximum absolute atomic E-state index is 5.74. The van der Waals surface area contributed by atoms with Crippen molar-refractivity contribution in [2.45, 2.75) is 19.6 Å². The SMILES string of the molecule is CN=C(NCCCOCc1ccc(OC)cc1)N(C)Cc1ccc(OC)cc1.I. The van der Waals surface area contributed by atoms with Gasteiger partial charge in [-0.2, -0.15) is 0 Å². The number of guanidine groups is 1. The van der Waals surface area contributed by atoms with E-state index in [-0.39, 0.29) is 24.0 Å². The molecule has 29 heavy (non-hydrogen) atoms. The smallest absolute Gasteiger partial charge is 0.193 e. The molecule has 0 aliphatic carbocycles. The van der Waals surface area contributed by atoms with Gasteiger partial charge in [-0.3, -0.25) is 4.99 Å². The first-order valence-corrected chi connectivity index (χ1v) is 9.41. The second kappa shape index (κ2) is 14.1. The summed E-state index contributed by atoms with van der Waals surface area (Å²) in [4.78, 5) is 6.45. The third-order valence-corrected chi connectivity index (χ3v) is 4.33. The Hall–Kier alpha value is -2.00. The summed E-state index contributed by atoms with van der Waals surface area (Å²) >= 11 is 0. The summed E-state index contributed by atoms with van der Waals surface area (Å²) in [6, 6.07) is 16.0. The number of nitrogens with zero attached hydrogens (tertiary/aromatic N) is 2. The van der Waals surface area contributed by atoms with E-state index >= 15 is 0 Å². The lowest BCUT2D eigenvalue weighted by Crippen LogP contribution is -2.39. The number of benzene rings is 2. The normalized spacial score (nSPS) is 10.8. The number of hydrogen-bond donors (Lipinski definition) is 1. The van der Waals surface area contributed by atoms with Crippen molar-refractivity contribution >= 4 is 29.9 Å². The first kappa shape index (κ1) is 25.0. The third-order valence-electron chi connectivity index (χ3n) is 4.33. The van der Waals surface area contributed by atoms with Crippen LogP contribution in [0.4, 0.5) is 0 Å². The van der Waals surface area contributed by atoms with E-state index in [1.165, 1.54) is 5.56 Å². The van der Waals surface area contributed by atoms with E-state index in [4.69, 9.17) is 14.2 Å². The van der Waals surface area contributed by atoms with Gasteiger partial charge in [-0.15, -0.1) is 24.0 Å². The first-order chi connectivity index (χ1) is 13.7. The minimum absolute atomic E-state index is 0. The summed E-state index contributed by atoms with van der Waals surface area (Å²) < 4.78 is 16.1. The van der Waals surface area contributed by atoms with Crippen molar-refractivity contribution < 1.29 is 14.2 Å². The van der Waals surface area contributed by atoms with Crippen LogP contribution in [0.25, 0.3) is 0 Å². The average Bonchev–Trinajstić information content (AvgIpc) is 2.74. The molecule has 0 heterocycles. The molecule has 2 rings (SSSR count). The van der Waals surface area contributed by atoms with E-state index in [0.717, 1.165) is 42.5 Å². The monoisotopic (exact) mass is 513 g/mol. The van der Waals surface area contributed by atoms with Gasteiger partial charge in [0.25, 0.3) is 0 Å². The zero-order chi connectivity index (χ0) is 20.2. The number of aliphatic imine (C=N–C) groups is 1. The van der Waals surface area contributed by atoms with Crippen LogP contribution in [0.5, 0.6) is 11.5 Å². The quantitative estimate of drug-likeness (QED) is 0.226. The van der Waals surface area contributed by atoms with Crippen molar-refractivity contribution in [3.63, 3.8) is 0 Å². The van der Waals surface area contributed by atoms with Gasteiger partial charge in [-0.05, 0) is 41.8 Å². The molecular formula is C22H32IN3O3. The number of rotatable bonds is 10. The lowest BCUT2D eigenvalue weighted by atomic mass is 10.2. The molecule has 0 radical (unpaired) electrons. The van der Waals surface area contributed by atoms with E-state index < -0.39 is 0 Å².